The number of pyridine rings is 1. The number of H-pyrrole nitrogens is 1. The first-order valence-corrected chi connectivity index (χ1v) is 12.3. The fourth-order valence-electron chi connectivity index (χ4n) is 5.44. The summed E-state index contributed by atoms with van der Waals surface area (Å²) < 4.78 is 29.9. The van der Waals surface area contributed by atoms with E-state index in [9.17, 15) is 28.3 Å². The van der Waals surface area contributed by atoms with Crippen molar-refractivity contribution in [3.63, 3.8) is 0 Å². The van der Waals surface area contributed by atoms with Gasteiger partial charge in [-0.15, -0.1) is 0 Å². The summed E-state index contributed by atoms with van der Waals surface area (Å²) in [5.74, 6) is -3.13. The number of fused-ring (bicyclic) bond motifs is 1. The summed E-state index contributed by atoms with van der Waals surface area (Å²) in [6.07, 6.45) is 3.18. The van der Waals surface area contributed by atoms with Crippen LogP contribution in [0, 0.1) is 11.6 Å². The van der Waals surface area contributed by atoms with Crippen LogP contribution in [0.15, 0.2) is 41.3 Å². The number of benzene rings is 1. The maximum atomic E-state index is 14.4. The Morgan fingerprint density at radius 2 is 1.89 bits per heavy atom. The minimum Gasteiger partial charge on any atom is -0.394 e. The molecule has 2 aliphatic heterocycles. The summed E-state index contributed by atoms with van der Waals surface area (Å²) in [4.78, 5) is 46.8. The van der Waals surface area contributed by atoms with Crippen molar-refractivity contribution in [2.45, 2.75) is 49.7 Å². The number of aliphatic hydroxyl groups excluding tert-OH is 1. The lowest BCUT2D eigenvalue weighted by molar-refractivity contribution is -0.123. The van der Waals surface area contributed by atoms with Crippen LogP contribution in [0.4, 0.5) is 13.6 Å². The van der Waals surface area contributed by atoms with Gasteiger partial charge in [-0.1, -0.05) is 12.1 Å². The first-order chi connectivity index (χ1) is 17.9. The first-order valence-electron chi connectivity index (χ1n) is 12.3. The van der Waals surface area contributed by atoms with E-state index in [0.717, 1.165) is 6.07 Å². The molecule has 3 unspecified atom stereocenters. The quantitative estimate of drug-likeness (QED) is 0.421. The van der Waals surface area contributed by atoms with Crippen LogP contribution in [0.1, 0.15) is 43.2 Å². The first kappa shape index (κ1) is 24.9. The number of urea groups is 1. The summed E-state index contributed by atoms with van der Waals surface area (Å²) in [6.45, 7) is 0.324. The van der Waals surface area contributed by atoms with Gasteiger partial charge in [0, 0.05) is 31.2 Å². The van der Waals surface area contributed by atoms with Crippen molar-refractivity contribution < 1.29 is 23.5 Å². The average molecular weight is 515 g/mol. The molecule has 3 atom stereocenters. The van der Waals surface area contributed by atoms with E-state index in [1.165, 1.54) is 12.1 Å². The van der Waals surface area contributed by atoms with Crippen molar-refractivity contribution in [2.24, 2.45) is 0 Å². The maximum Gasteiger partial charge on any atom is 0.327 e. The van der Waals surface area contributed by atoms with Crippen LogP contribution >= 0.6 is 0 Å². The van der Waals surface area contributed by atoms with Crippen LogP contribution in [0.5, 0.6) is 0 Å². The third-order valence-corrected chi connectivity index (χ3v) is 7.38. The number of imidazole rings is 1. The Balaban J connectivity index is 1.23. The van der Waals surface area contributed by atoms with Crippen LogP contribution in [-0.2, 0) is 4.79 Å². The highest BCUT2D eigenvalue weighted by Gasteiger charge is 2.36. The minimum absolute atomic E-state index is 0.0797. The topological polar surface area (TPSA) is 132 Å². The highest BCUT2D eigenvalue weighted by Crippen LogP contribution is 2.31. The van der Waals surface area contributed by atoms with Gasteiger partial charge in [-0.25, -0.2) is 23.4 Å². The van der Waals surface area contributed by atoms with Crippen molar-refractivity contribution >= 4 is 23.1 Å². The SMILES string of the molecule is O=C1NC(CO)C(c2cccc(F)c2F)CCC1NC(=O)N1CCC(n2c(=O)[nH]c3ncccc32)CC1. The normalized spacial score (nSPS) is 23.1. The number of aliphatic hydroxyl groups is 1. The second-order valence-corrected chi connectivity index (χ2v) is 9.52. The molecule has 10 nitrogen and oxygen atoms in total. The Morgan fingerprint density at radius 3 is 2.65 bits per heavy atom. The van der Waals surface area contributed by atoms with Crippen molar-refractivity contribution in [3.05, 3.63) is 64.2 Å². The summed E-state index contributed by atoms with van der Waals surface area (Å²) >= 11 is 0. The maximum absolute atomic E-state index is 14.4. The fraction of sp³-hybridized carbons (Fsp3) is 0.440. The van der Waals surface area contributed by atoms with Crippen molar-refractivity contribution in [1.82, 2.24) is 30.1 Å². The largest absolute Gasteiger partial charge is 0.394 e. The standard InChI is InChI=1S/C25H28F2N6O4/c26-17-4-1-3-16(21(17)27)15-6-7-18(23(35)29-19(15)13-34)30-24(36)32-11-8-14(9-12-32)33-20-5-2-10-28-22(20)31-25(33)37/h1-5,10,14-15,18-19,34H,6-9,11-13H2,(H,29,35)(H,30,36)(H,28,31,37). The van der Waals surface area contributed by atoms with Gasteiger partial charge in [-0.3, -0.25) is 14.3 Å². The Labute approximate surface area is 210 Å². The second kappa shape index (κ2) is 10.3. The molecule has 2 fully saturated rings. The molecule has 0 aliphatic carbocycles. The smallest absolute Gasteiger partial charge is 0.327 e. The number of nitrogens with zero attached hydrogens (tertiary/aromatic N) is 3. The predicted molar refractivity (Wildman–Crippen MR) is 130 cm³/mol. The minimum atomic E-state index is -1.00. The molecule has 2 aliphatic rings. The third-order valence-electron chi connectivity index (χ3n) is 7.38. The number of carbonyl (C=O) groups excluding carboxylic acids is 2. The molecule has 0 saturated carbocycles. The molecule has 0 spiro atoms. The summed E-state index contributed by atoms with van der Waals surface area (Å²) in [7, 11) is 0. The molecule has 3 aromatic rings. The molecule has 0 radical (unpaired) electrons. The van der Waals surface area contributed by atoms with Crippen LogP contribution in [0.25, 0.3) is 11.2 Å². The number of nitrogens with one attached hydrogen (secondary N) is 3. The number of aromatic nitrogens is 3. The van der Waals surface area contributed by atoms with E-state index in [-0.39, 0.29) is 30.1 Å². The molecular weight excluding hydrogens is 486 g/mol. The highest BCUT2D eigenvalue weighted by atomic mass is 19.2. The number of rotatable bonds is 4. The van der Waals surface area contributed by atoms with Crippen molar-refractivity contribution in [1.29, 1.82) is 0 Å². The number of hydrogen-bond donors (Lipinski definition) is 4. The monoisotopic (exact) mass is 514 g/mol. The lowest BCUT2D eigenvalue weighted by Crippen LogP contribution is -2.53. The van der Waals surface area contributed by atoms with Gasteiger partial charge in [0.1, 0.15) is 6.04 Å². The lowest BCUT2D eigenvalue weighted by atomic mass is 9.87. The number of likely N-dealkylation sites (tertiary alicyclic amines) is 1. The number of amides is 3. The number of piperidine rings is 1. The van der Waals surface area contributed by atoms with Gasteiger partial charge in [-0.2, -0.15) is 0 Å². The van der Waals surface area contributed by atoms with E-state index in [1.54, 1.807) is 21.7 Å². The molecule has 1 aromatic carbocycles. The van der Waals surface area contributed by atoms with E-state index in [2.05, 4.69) is 20.6 Å². The zero-order valence-corrected chi connectivity index (χ0v) is 20.0. The fourth-order valence-corrected chi connectivity index (χ4v) is 5.44. The van der Waals surface area contributed by atoms with E-state index in [1.807, 2.05) is 6.07 Å². The molecule has 4 heterocycles. The zero-order valence-electron chi connectivity index (χ0n) is 20.0. The zero-order chi connectivity index (χ0) is 26.1. The van der Waals surface area contributed by atoms with Crippen LogP contribution in [0.3, 0.4) is 0 Å². The Kier molecular flexibility index (Phi) is 6.92. The van der Waals surface area contributed by atoms with Crippen LogP contribution in [-0.4, -0.2) is 68.3 Å². The molecule has 2 saturated heterocycles. The van der Waals surface area contributed by atoms with Gasteiger partial charge in [-0.05, 0) is 49.4 Å². The molecule has 5 rings (SSSR count). The molecule has 3 amide bonds. The number of hydrogen-bond acceptors (Lipinski definition) is 5. The molecule has 0 bridgehead atoms. The molecular formula is C25H28F2N6O4. The van der Waals surface area contributed by atoms with E-state index in [4.69, 9.17) is 0 Å². The molecule has 2 aromatic heterocycles. The Morgan fingerprint density at radius 1 is 1.11 bits per heavy atom. The van der Waals surface area contributed by atoms with Gasteiger partial charge >= 0.3 is 11.7 Å². The average Bonchev–Trinajstić information content (AvgIpc) is 3.16. The predicted octanol–water partition coefficient (Wildman–Crippen LogP) is 1.77. The second-order valence-electron chi connectivity index (χ2n) is 9.52. The molecule has 37 heavy (non-hydrogen) atoms. The molecule has 196 valence electrons. The van der Waals surface area contributed by atoms with Crippen molar-refractivity contribution in [3.8, 4) is 0 Å². The molecule has 4 N–H and O–H groups in total. The van der Waals surface area contributed by atoms with Gasteiger partial charge in [0.05, 0.1) is 18.2 Å². The number of carbonyl (C=O) groups is 2. The summed E-state index contributed by atoms with van der Waals surface area (Å²) in [5.41, 5.74) is 1.07. The van der Waals surface area contributed by atoms with Crippen LogP contribution < -0.4 is 16.3 Å². The summed E-state index contributed by atoms with van der Waals surface area (Å²) in [5, 5.41) is 15.3. The number of aromatic amines is 1. The number of halogens is 2. The van der Waals surface area contributed by atoms with Gasteiger partial charge in [0.15, 0.2) is 17.3 Å². The third kappa shape index (κ3) is 4.80. The van der Waals surface area contributed by atoms with Crippen LogP contribution in [0.2, 0.25) is 0 Å². The Hall–Kier alpha value is -3.80. The lowest BCUT2D eigenvalue weighted by Gasteiger charge is -2.33. The van der Waals surface area contributed by atoms with Gasteiger partial charge in [0.2, 0.25) is 5.91 Å². The summed E-state index contributed by atoms with van der Waals surface area (Å²) in [6, 6.07) is 5.22. The highest BCUT2D eigenvalue weighted by molar-refractivity contribution is 5.87. The van der Waals surface area contributed by atoms with E-state index < -0.39 is 48.2 Å². The molecule has 12 heteroatoms. The van der Waals surface area contributed by atoms with Crippen molar-refractivity contribution in [2.75, 3.05) is 19.7 Å². The Bertz CT molecular complexity index is 1370. The van der Waals surface area contributed by atoms with E-state index in [0.29, 0.717) is 37.1 Å². The van der Waals surface area contributed by atoms with E-state index >= 15 is 0 Å². The van der Waals surface area contributed by atoms with Gasteiger partial charge in [0.25, 0.3) is 0 Å². The van der Waals surface area contributed by atoms with Gasteiger partial charge < -0.3 is 20.6 Å².